The number of benzene rings is 1. The SMILES string of the molecule is CCC(C)NC(=O)CN1CCN(S(=O)(=O)c2cccc(Cl)c2Cl)CC1. The van der Waals surface area contributed by atoms with Gasteiger partial charge in [-0.2, -0.15) is 4.31 Å². The van der Waals surface area contributed by atoms with E-state index >= 15 is 0 Å². The number of hydrogen-bond acceptors (Lipinski definition) is 4. The molecule has 1 aromatic rings. The van der Waals surface area contributed by atoms with E-state index in [9.17, 15) is 13.2 Å². The molecular weight excluding hydrogens is 385 g/mol. The van der Waals surface area contributed by atoms with Crippen molar-refractivity contribution in [3.8, 4) is 0 Å². The Balaban J connectivity index is 1.97. The molecule has 1 aliphatic heterocycles. The number of carbonyl (C=O) groups is 1. The zero-order valence-electron chi connectivity index (χ0n) is 14.3. The Morgan fingerprint density at radius 3 is 2.48 bits per heavy atom. The van der Waals surface area contributed by atoms with Crippen molar-refractivity contribution in [1.29, 1.82) is 0 Å². The van der Waals surface area contributed by atoms with E-state index in [4.69, 9.17) is 23.2 Å². The van der Waals surface area contributed by atoms with Crippen LogP contribution in [0.2, 0.25) is 10.0 Å². The minimum Gasteiger partial charge on any atom is -0.353 e. The van der Waals surface area contributed by atoms with E-state index in [-0.39, 0.29) is 33.4 Å². The summed E-state index contributed by atoms with van der Waals surface area (Å²) in [5.74, 6) is -0.0384. The van der Waals surface area contributed by atoms with Gasteiger partial charge in [0.2, 0.25) is 15.9 Å². The van der Waals surface area contributed by atoms with Crippen LogP contribution in [0.25, 0.3) is 0 Å². The molecule has 0 saturated carbocycles. The zero-order valence-corrected chi connectivity index (χ0v) is 16.7. The molecule has 140 valence electrons. The number of nitrogens with zero attached hydrogens (tertiary/aromatic N) is 2. The van der Waals surface area contributed by atoms with Crippen LogP contribution in [0.15, 0.2) is 23.1 Å². The molecule has 1 aromatic carbocycles. The number of nitrogens with one attached hydrogen (secondary N) is 1. The Morgan fingerprint density at radius 2 is 1.88 bits per heavy atom. The van der Waals surface area contributed by atoms with Gasteiger partial charge in [0.1, 0.15) is 4.90 Å². The molecule has 1 atom stereocenters. The van der Waals surface area contributed by atoms with Crippen molar-refractivity contribution < 1.29 is 13.2 Å². The maximum Gasteiger partial charge on any atom is 0.244 e. The predicted octanol–water partition coefficient (Wildman–Crippen LogP) is 2.21. The van der Waals surface area contributed by atoms with Gasteiger partial charge in [-0.15, -0.1) is 0 Å². The van der Waals surface area contributed by atoms with Gasteiger partial charge in [-0.3, -0.25) is 9.69 Å². The molecule has 0 spiro atoms. The van der Waals surface area contributed by atoms with Crippen LogP contribution >= 0.6 is 23.2 Å². The highest BCUT2D eigenvalue weighted by Crippen LogP contribution is 2.31. The molecule has 0 radical (unpaired) electrons. The van der Waals surface area contributed by atoms with E-state index < -0.39 is 10.0 Å². The highest BCUT2D eigenvalue weighted by Gasteiger charge is 2.31. The minimum atomic E-state index is -3.70. The van der Waals surface area contributed by atoms with Crippen LogP contribution in [-0.4, -0.2) is 62.3 Å². The molecule has 0 aromatic heterocycles. The van der Waals surface area contributed by atoms with Gasteiger partial charge in [0, 0.05) is 32.2 Å². The van der Waals surface area contributed by atoms with Crippen molar-refractivity contribution in [3.05, 3.63) is 28.2 Å². The van der Waals surface area contributed by atoms with Crippen LogP contribution in [0.1, 0.15) is 20.3 Å². The van der Waals surface area contributed by atoms with Crippen LogP contribution in [0, 0.1) is 0 Å². The van der Waals surface area contributed by atoms with Gasteiger partial charge in [0.05, 0.1) is 16.6 Å². The Kier molecular flexibility index (Phi) is 7.10. The Labute approximate surface area is 159 Å². The lowest BCUT2D eigenvalue weighted by Crippen LogP contribution is -2.51. The van der Waals surface area contributed by atoms with Crippen molar-refractivity contribution in [2.24, 2.45) is 0 Å². The van der Waals surface area contributed by atoms with Crippen LogP contribution < -0.4 is 5.32 Å². The van der Waals surface area contributed by atoms with E-state index in [1.54, 1.807) is 12.1 Å². The number of hydrogen-bond donors (Lipinski definition) is 1. The van der Waals surface area contributed by atoms with Gasteiger partial charge in [0.15, 0.2) is 0 Å². The first-order valence-corrected chi connectivity index (χ1v) is 10.4. The summed E-state index contributed by atoms with van der Waals surface area (Å²) in [4.78, 5) is 13.9. The van der Waals surface area contributed by atoms with Crippen molar-refractivity contribution in [3.63, 3.8) is 0 Å². The fraction of sp³-hybridized carbons (Fsp3) is 0.562. The highest BCUT2D eigenvalue weighted by molar-refractivity contribution is 7.89. The number of rotatable bonds is 6. The average molecular weight is 408 g/mol. The van der Waals surface area contributed by atoms with E-state index in [0.717, 1.165) is 6.42 Å². The summed E-state index contributed by atoms with van der Waals surface area (Å²) in [5.41, 5.74) is 0. The fourth-order valence-electron chi connectivity index (χ4n) is 2.58. The summed E-state index contributed by atoms with van der Waals surface area (Å²) in [6.07, 6.45) is 0.873. The number of sulfonamides is 1. The van der Waals surface area contributed by atoms with Crippen LogP contribution in [0.3, 0.4) is 0 Å². The van der Waals surface area contributed by atoms with Crippen LogP contribution in [0.4, 0.5) is 0 Å². The van der Waals surface area contributed by atoms with Crippen molar-refractivity contribution >= 4 is 39.1 Å². The lowest BCUT2D eigenvalue weighted by molar-refractivity contribution is -0.123. The second kappa shape index (κ2) is 8.68. The summed E-state index contributed by atoms with van der Waals surface area (Å²) in [6, 6.07) is 4.71. The predicted molar refractivity (Wildman–Crippen MR) is 99.6 cm³/mol. The minimum absolute atomic E-state index is 0.0182. The Bertz CT molecular complexity index is 719. The van der Waals surface area contributed by atoms with Crippen LogP contribution in [-0.2, 0) is 14.8 Å². The third kappa shape index (κ3) is 5.08. The first-order chi connectivity index (χ1) is 11.8. The average Bonchev–Trinajstić information content (AvgIpc) is 2.57. The normalized spacial score (nSPS) is 18.1. The van der Waals surface area contributed by atoms with Gasteiger partial charge in [0.25, 0.3) is 0 Å². The molecule has 1 aliphatic rings. The molecular formula is C16H23Cl2N3O3S. The second-order valence-corrected chi connectivity index (χ2v) is 8.80. The fourth-order valence-corrected chi connectivity index (χ4v) is 4.73. The maximum absolute atomic E-state index is 12.8. The number of halogens is 2. The van der Waals surface area contributed by atoms with Gasteiger partial charge >= 0.3 is 0 Å². The molecule has 0 aliphatic carbocycles. The van der Waals surface area contributed by atoms with E-state index in [2.05, 4.69) is 5.32 Å². The highest BCUT2D eigenvalue weighted by atomic mass is 35.5. The molecule has 6 nitrogen and oxygen atoms in total. The quantitative estimate of drug-likeness (QED) is 0.784. The molecule has 1 heterocycles. The first kappa shape index (κ1) is 20.5. The summed E-state index contributed by atoms with van der Waals surface area (Å²) >= 11 is 12.0. The maximum atomic E-state index is 12.8. The molecule has 1 N–H and O–H groups in total. The van der Waals surface area contributed by atoms with Crippen molar-refractivity contribution in [1.82, 2.24) is 14.5 Å². The standard InChI is InChI=1S/C16H23Cl2N3O3S/c1-3-12(2)19-15(22)11-20-7-9-21(10-8-20)25(23,24)14-6-4-5-13(17)16(14)18/h4-6,12H,3,7-11H2,1-2H3,(H,19,22). The van der Waals surface area contributed by atoms with E-state index in [1.165, 1.54) is 10.4 Å². The van der Waals surface area contributed by atoms with Crippen molar-refractivity contribution in [2.45, 2.75) is 31.2 Å². The molecule has 1 saturated heterocycles. The van der Waals surface area contributed by atoms with E-state index in [1.807, 2.05) is 18.7 Å². The first-order valence-electron chi connectivity index (χ1n) is 8.21. The molecule has 25 heavy (non-hydrogen) atoms. The van der Waals surface area contributed by atoms with Gasteiger partial charge < -0.3 is 5.32 Å². The third-order valence-electron chi connectivity index (χ3n) is 4.25. The third-order valence-corrected chi connectivity index (χ3v) is 7.12. The Hall–Kier alpha value is -0.860. The lowest BCUT2D eigenvalue weighted by atomic mass is 10.2. The summed E-state index contributed by atoms with van der Waals surface area (Å²) in [6.45, 7) is 5.84. The smallest absolute Gasteiger partial charge is 0.244 e. The summed E-state index contributed by atoms with van der Waals surface area (Å²) in [5, 5.41) is 3.17. The Morgan fingerprint density at radius 1 is 1.24 bits per heavy atom. The largest absolute Gasteiger partial charge is 0.353 e. The van der Waals surface area contributed by atoms with Gasteiger partial charge in [-0.05, 0) is 25.5 Å². The number of piperazine rings is 1. The molecule has 9 heteroatoms. The second-order valence-electron chi connectivity index (χ2n) is 6.11. The molecule has 1 unspecified atom stereocenters. The molecule has 1 amide bonds. The van der Waals surface area contributed by atoms with Crippen molar-refractivity contribution in [2.75, 3.05) is 32.7 Å². The molecule has 1 fully saturated rings. The molecule has 0 bridgehead atoms. The summed E-state index contributed by atoms with van der Waals surface area (Å²) < 4.78 is 26.9. The van der Waals surface area contributed by atoms with E-state index in [0.29, 0.717) is 26.2 Å². The van der Waals surface area contributed by atoms with Gasteiger partial charge in [-0.1, -0.05) is 36.2 Å². The number of carbonyl (C=O) groups excluding carboxylic acids is 1. The molecule has 2 rings (SSSR count). The summed E-state index contributed by atoms with van der Waals surface area (Å²) in [7, 11) is -3.70. The number of amides is 1. The monoisotopic (exact) mass is 407 g/mol. The van der Waals surface area contributed by atoms with Gasteiger partial charge in [-0.25, -0.2) is 8.42 Å². The zero-order chi connectivity index (χ0) is 18.6. The van der Waals surface area contributed by atoms with Crippen LogP contribution in [0.5, 0.6) is 0 Å². The lowest BCUT2D eigenvalue weighted by Gasteiger charge is -2.33. The topological polar surface area (TPSA) is 69.7 Å².